The van der Waals surface area contributed by atoms with Gasteiger partial charge in [0, 0.05) is 48.5 Å². The number of carbonyl (C=O) groups is 2. The van der Waals surface area contributed by atoms with Crippen LogP contribution in [0.3, 0.4) is 0 Å². The molecule has 3 saturated heterocycles. The van der Waals surface area contributed by atoms with Crippen LogP contribution in [0.15, 0.2) is 48.5 Å². The number of rotatable bonds is 8. The lowest BCUT2D eigenvalue weighted by Gasteiger charge is -2.44. The van der Waals surface area contributed by atoms with Crippen molar-refractivity contribution in [2.24, 2.45) is 5.92 Å². The average Bonchev–Trinajstić information content (AvgIpc) is 3.63. The second-order valence-corrected chi connectivity index (χ2v) is 17.8. The molecule has 3 N–H and O–H groups in total. The molecule has 4 aliphatic rings. The fraction of sp³-hybridized carbons (Fsp3) is 0.588. The van der Waals surface area contributed by atoms with Crippen molar-refractivity contribution in [2.45, 2.75) is 81.5 Å². The second-order valence-electron chi connectivity index (χ2n) is 13.8. The van der Waals surface area contributed by atoms with Gasteiger partial charge in [0.25, 0.3) is 5.91 Å². The van der Waals surface area contributed by atoms with Crippen molar-refractivity contribution in [1.82, 2.24) is 10.2 Å². The summed E-state index contributed by atoms with van der Waals surface area (Å²) in [7, 11) is -1.20. The van der Waals surface area contributed by atoms with Gasteiger partial charge in [-0.25, -0.2) is 0 Å². The van der Waals surface area contributed by atoms with Crippen molar-refractivity contribution in [3.8, 4) is 5.75 Å². The van der Waals surface area contributed by atoms with E-state index in [1.807, 2.05) is 54.4 Å². The van der Waals surface area contributed by atoms with Crippen LogP contribution >= 0.6 is 0 Å². The smallest absolute Gasteiger partial charge is 0.254 e. The largest absolute Gasteiger partial charge is 0.490 e. The summed E-state index contributed by atoms with van der Waals surface area (Å²) in [4.78, 5) is 45.2. The summed E-state index contributed by atoms with van der Waals surface area (Å²) in [6.45, 7) is 8.41. The Hall–Kier alpha value is -2.96. The van der Waals surface area contributed by atoms with Crippen LogP contribution in [0.5, 0.6) is 5.75 Å². The van der Waals surface area contributed by atoms with Gasteiger partial charge in [-0.15, -0.1) is 0 Å². The lowest BCUT2D eigenvalue weighted by molar-refractivity contribution is -0.133. The quantitative estimate of drug-likeness (QED) is 0.377. The standard InChI is InChI=1S/C34H48N4O6Si/c1-23-31(43-2)27-19-25(37-22-38(24-9-6-5-7-10-24)34(33(37)41)14-16-35-17-15-34)12-13-28(27)44-32(23)29(45(3,4)42)20-30(40)36-18-8-11-26(36)21-39/h5-7,9-10,12-13,19,23,26,29,31-32,35,39,42H,8,11,14-18,20-22H2,1-4H3/t23-,26-,29?,31-,32-/m0/s1. The van der Waals surface area contributed by atoms with Crippen LogP contribution in [0.2, 0.25) is 18.6 Å². The zero-order chi connectivity index (χ0) is 31.9. The van der Waals surface area contributed by atoms with Crippen LogP contribution < -0.4 is 19.9 Å². The molecule has 4 heterocycles. The molecule has 244 valence electrons. The fourth-order valence-corrected chi connectivity index (χ4v) is 9.98. The molecule has 0 aliphatic carbocycles. The van der Waals surface area contributed by atoms with E-state index in [9.17, 15) is 19.5 Å². The van der Waals surface area contributed by atoms with Gasteiger partial charge in [-0.2, -0.15) is 0 Å². The van der Waals surface area contributed by atoms with Gasteiger partial charge in [0.15, 0.2) is 8.32 Å². The highest BCUT2D eigenvalue weighted by Gasteiger charge is 2.54. The van der Waals surface area contributed by atoms with Gasteiger partial charge < -0.3 is 34.5 Å². The molecule has 0 aromatic heterocycles. The third-order valence-corrected chi connectivity index (χ3v) is 13.0. The Labute approximate surface area is 267 Å². The van der Waals surface area contributed by atoms with E-state index in [1.165, 1.54) is 0 Å². The predicted octanol–water partition coefficient (Wildman–Crippen LogP) is 3.65. The molecule has 3 fully saturated rings. The number of fused-ring (bicyclic) bond motifs is 1. The minimum Gasteiger partial charge on any atom is -0.490 e. The molecule has 1 spiro atoms. The molecule has 10 nitrogen and oxygen atoms in total. The number of benzene rings is 2. The van der Waals surface area contributed by atoms with Crippen molar-refractivity contribution >= 4 is 31.5 Å². The third kappa shape index (κ3) is 5.78. The Morgan fingerprint density at radius 2 is 1.89 bits per heavy atom. The number of ether oxygens (including phenoxy) is 2. The maximum Gasteiger partial charge on any atom is 0.254 e. The summed E-state index contributed by atoms with van der Waals surface area (Å²) in [6, 6.07) is 15.9. The summed E-state index contributed by atoms with van der Waals surface area (Å²) < 4.78 is 12.8. The Kier molecular flexibility index (Phi) is 9.01. The predicted molar refractivity (Wildman–Crippen MR) is 176 cm³/mol. The normalized spacial score (nSPS) is 27.1. The van der Waals surface area contributed by atoms with Crippen LogP contribution in [0.1, 0.15) is 50.7 Å². The van der Waals surface area contributed by atoms with Crippen LogP contribution in [0.25, 0.3) is 0 Å². The van der Waals surface area contributed by atoms with Crippen molar-refractivity contribution in [2.75, 3.05) is 49.8 Å². The number of para-hydroxylation sites is 1. The number of nitrogens with one attached hydrogen (secondary N) is 1. The van der Waals surface area contributed by atoms with Gasteiger partial charge in [0.1, 0.15) is 17.4 Å². The molecule has 4 aliphatic heterocycles. The van der Waals surface area contributed by atoms with E-state index < -0.39 is 20.0 Å². The number of anilines is 2. The first kappa shape index (κ1) is 32.0. The average molecular weight is 637 g/mol. The molecule has 45 heavy (non-hydrogen) atoms. The summed E-state index contributed by atoms with van der Waals surface area (Å²) >= 11 is 0. The fourth-order valence-electron chi connectivity index (χ4n) is 8.13. The number of hydrogen-bond donors (Lipinski definition) is 3. The van der Waals surface area contributed by atoms with Crippen molar-refractivity contribution in [1.29, 1.82) is 0 Å². The number of amides is 2. The molecule has 2 amide bonds. The van der Waals surface area contributed by atoms with Crippen LogP contribution in [0, 0.1) is 5.92 Å². The molecule has 1 unspecified atom stereocenters. The molecular formula is C34H48N4O6Si. The first-order valence-electron chi connectivity index (χ1n) is 16.4. The van der Waals surface area contributed by atoms with Gasteiger partial charge >= 0.3 is 0 Å². The van der Waals surface area contributed by atoms with E-state index in [0.717, 1.165) is 55.7 Å². The van der Waals surface area contributed by atoms with Gasteiger partial charge in [-0.3, -0.25) is 14.5 Å². The minimum absolute atomic E-state index is 0.0422. The molecule has 2 aromatic rings. The Bertz CT molecular complexity index is 1380. The molecule has 2 aromatic carbocycles. The summed E-state index contributed by atoms with van der Waals surface area (Å²) in [5.41, 5.74) is 1.74. The van der Waals surface area contributed by atoms with E-state index in [2.05, 4.69) is 29.3 Å². The highest BCUT2D eigenvalue weighted by atomic mass is 28.4. The monoisotopic (exact) mass is 636 g/mol. The summed E-state index contributed by atoms with van der Waals surface area (Å²) in [5.74, 6) is 0.563. The Morgan fingerprint density at radius 1 is 1.16 bits per heavy atom. The number of hydrogen-bond acceptors (Lipinski definition) is 8. The van der Waals surface area contributed by atoms with Crippen LogP contribution in [0.4, 0.5) is 11.4 Å². The summed E-state index contributed by atoms with van der Waals surface area (Å²) in [5, 5.41) is 13.2. The molecule has 5 atom stereocenters. The minimum atomic E-state index is -2.88. The maximum absolute atomic E-state index is 14.3. The van der Waals surface area contributed by atoms with Gasteiger partial charge in [0.2, 0.25) is 5.91 Å². The van der Waals surface area contributed by atoms with E-state index in [4.69, 9.17) is 9.47 Å². The SMILES string of the molecule is CO[C@@H]1c2cc(N3CN(c4ccccc4)C4(CCNCC4)C3=O)ccc2O[C@H](C(CC(=O)N2CCC[C@H]2CO)[Si](C)(C)O)[C@H]1C. The van der Waals surface area contributed by atoms with Crippen LogP contribution in [-0.4, -0.2) is 92.6 Å². The third-order valence-electron chi connectivity index (χ3n) is 10.7. The number of likely N-dealkylation sites (tertiary alicyclic amines) is 1. The zero-order valence-electron chi connectivity index (χ0n) is 26.9. The molecule has 0 radical (unpaired) electrons. The number of piperidine rings is 1. The van der Waals surface area contributed by atoms with E-state index in [0.29, 0.717) is 19.0 Å². The van der Waals surface area contributed by atoms with Crippen LogP contribution in [-0.2, 0) is 14.3 Å². The molecule has 0 bridgehead atoms. The summed E-state index contributed by atoms with van der Waals surface area (Å²) in [6.07, 6.45) is 2.54. The number of nitrogens with zero attached hydrogens (tertiary/aromatic N) is 3. The maximum atomic E-state index is 14.3. The van der Waals surface area contributed by atoms with Gasteiger partial charge in [-0.05, 0) is 82.2 Å². The topological polar surface area (TPSA) is 115 Å². The van der Waals surface area contributed by atoms with E-state index >= 15 is 0 Å². The van der Waals surface area contributed by atoms with Crippen molar-refractivity contribution in [3.05, 3.63) is 54.1 Å². The first-order valence-corrected chi connectivity index (χ1v) is 19.4. The lowest BCUT2D eigenvalue weighted by Crippen LogP contribution is -2.55. The highest BCUT2D eigenvalue weighted by Crippen LogP contribution is 2.49. The number of methoxy groups -OCH3 is 1. The van der Waals surface area contributed by atoms with Gasteiger partial charge in [-0.1, -0.05) is 25.1 Å². The second kappa shape index (κ2) is 12.7. The molecule has 6 rings (SSSR count). The van der Waals surface area contributed by atoms with Gasteiger partial charge in [0.05, 0.1) is 25.4 Å². The Morgan fingerprint density at radius 3 is 2.56 bits per heavy atom. The van der Waals surface area contributed by atoms with Crippen molar-refractivity contribution in [3.63, 3.8) is 0 Å². The molecule has 11 heteroatoms. The molecule has 0 saturated carbocycles. The van der Waals surface area contributed by atoms with E-state index in [-0.39, 0.29) is 48.4 Å². The first-order chi connectivity index (χ1) is 21.6. The Balaban J connectivity index is 1.29. The molecular weight excluding hydrogens is 588 g/mol. The highest BCUT2D eigenvalue weighted by molar-refractivity contribution is 6.71. The van der Waals surface area contributed by atoms with E-state index in [1.54, 1.807) is 12.0 Å². The number of aliphatic hydroxyl groups excluding tert-OH is 1. The van der Waals surface area contributed by atoms with Crippen molar-refractivity contribution < 1.29 is 29.0 Å². The zero-order valence-corrected chi connectivity index (χ0v) is 27.9. The number of carbonyl (C=O) groups excluding carboxylic acids is 2. The lowest BCUT2D eigenvalue weighted by atomic mass is 9.85. The number of aliphatic hydroxyl groups is 1.